The number of furan rings is 1. The van der Waals surface area contributed by atoms with E-state index in [9.17, 15) is 8.42 Å². The standard InChI is InChI=1S/C19H20N2O3S2/c22-26(23,19-8-4-12-25-19)20-13-17(18-7-3-11-24-18)21-10-9-15-5-1-2-6-16(15)14-21/h1-8,11-12,17,20H,9-10,13-14H2/t17-/m1/s1. The fourth-order valence-electron chi connectivity index (χ4n) is 3.35. The van der Waals surface area contributed by atoms with Gasteiger partial charge in [0, 0.05) is 19.6 Å². The molecule has 1 N–H and O–H groups in total. The summed E-state index contributed by atoms with van der Waals surface area (Å²) in [4.78, 5) is 2.28. The van der Waals surface area contributed by atoms with Gasteiger partial charge in [0.15, 0.2) is 0 Å². The third kappa shape index (κ3) is 3.61. The van der Waals surface area contributed by atoms with Crippen molar-refractivity contribution in [2.75, 3.05) is 13.1 Å². The molecule has 0 bridgehead atoms. The van der Waals surface area contributed by atoms with Crippen LogP contribution in [0, 0.1) is 0 Å². The molecule has 0 saturated carbocycles. The highest BCUT2D eigenvalue weighted by molar-refractivity contribution is 7.91. The Morgan fingerprint density at radius 3 is 2.69 bits per heavy atom. The van der Waals surface area contributed by atoms with E-state index in [0.29, 0.717) is 4.21 Å². The largest absolute Gasteiger partial charge is 0.468 e. The highest BCUT2D eigenvalue weighted by Crippen LogP contribution is 2.28. The van der Waals surface area contributed by atoms with Crippen LogP contribution in [0.15, 0.2) is 68.8 Å². The molecule has 0 saturated heterocycles. The monoisotopic (exact) mass is 388 g/mol. The van der Waals surface area contributed by atoms with E-state index in [1.54, 1.807) is 23.8 Å². The fraction of sp³-hybridized carbons (Fsp3) is 0.263. The van der Waals surface area contributed by atoms with Gasteiger partial charge in [0.05, 0.1) is 12.3 Å². The van der Waals surface area contributed by atoms with E-state index in [-0.39, 0.29) is 12.6 Å². The number of nitrogens with zero attached hydrogens (tertiary/aromatic N) is 1. The van der Waals surface area contributed by atoms with Crippen LogP contribution in [-0.4, -0.2) is 26.4 Å². The number of sulfonamides is 1. The summed E-state index contributed by atoms with van der Waals surface area (Å²) in [5.41, 5.74) is 2.65. The molecule has 7 heteroatoms. The Balaban J connectivity index is 1.55. The van der Waals surface area contributed by atoms with Gasteiger partial charge >= 0.3 is 0 Å². The van der Waals surface area contributed by atoms with Gasteiger partial charge in [-0.1, -0.05) is 30.3 Å². The predicted octanol–water partition coefficient (Wildman–Crippen LogP) is 3.42. The van der Waals surface area contributed by atoms with Crippen LogP contribution in [0.1, 0.15) is 22.9 Å². The van der Waals surface area contributed by atoms with Crippen LogP contribution in [0.3, 0.4) is 0 Å². The zero-order chi connectivity index (χ0) is 18.0. The summed E-state index contributed by atoms with van der Waals surface area (Å²) in [7, 11) is -3.50. The van der Waals surface area contributed by atoms with E-state index in [4.69, 9.17) is 4.42 Å². The molecule has 0 fully saturated rings. The SMILES string of the molecule is O=S(=O)(NC[C@H](c1ccco1)N1CCc2ccccc2C1)c1cccs1. The molecule has 0 spiro atoms. The van der Waals surface area contributed by atoms with Crippen molar-refractivity contribution < 1.29 is 12.8 Å². The van der Waals surface area contributed by atoms with Crippen molar-refractivity contribution in [3.05, 3.63) is 77.1 Å². The minimum atomic E-state index is -3.50. The lowest BCUT2D eigenvalue weighted by molar-refractivity contribution is 0.160. The van der Waals surface area contributed by atoms with E-state index < -0.39 is 10.0 Å². The number of benzene rings is 1. The molecule has 0 radical (unpaired) electrons. The van der Waals surface area contributed by atoms with Crippen LogP contribution in [0.2, 0.25) is 0 Å². The molecule has 1 aliphatic rings. The van der Waals surface area contributed by atoms with Crippen LogP contribution in [-0.2, 0) is 23.0 Å². The van der Waals surface area contributed by atoms with Crippen molar-refractivity contribution in [3.63, 3.8) is 0 Å². The second-order valence-corrected chi connectivity index (χ2v) is 9.25. The van der Waals surface area contributed by atoms with Gasteiger partial charge in [-0.2, -0.15) is 0 Å². The van der Waals surface area contributed by atoms with Crippen molar-refractivity contribution in [1.29, 1.82) is 0 Å². The van der Waals surface area contributed by atoms with Gasteiger partial charge in [0.1, 0.15) is 9.97 Å². The van der Waals surface area contributed by atoms with Gasteiger partial charge in [-0.05, 0) is 41.1 Å². The average Bonchev–Trinajstić information content (AvgIpc) is 3.36. The summed E-state index contributed by atoms with van der Waals surface area (Å²) in [6, 6.07) is 15.4. The minimum Gasteiger partial charge on any atom is -0.468 e. The van der Waals surface area contributed by atoms with Gasteiger partial charge in [-0.3, -0.25) is 4.90 Å². The summed E-state index contributed by atoms with van der Waals surface area (Å²) in [6.45, 7) is 1.92. The smallest absolute Gasteiger partial charge is 0.250 e. The zero-order valence-corrected chi connectivity index (χ0v) is 15.8. The maximum absolute atomic E-state index is 12.5. The van der Waals surface area contributed by atoms with Crippen molar-refractivity contribution >= 4 is 21.4 Å². The lowest BCUT2D eigenvalue weighted by Gasteiger charge is -2.34. The van der Waals surface area contributed by atoms with Gasteiger partial charge in [-0.25, -0.2) is 13.1 Å². The molecule has 5 nitrogen and oxygen atoms in total. The number of rotatable bonds is 6. The van der Waals surface area contributed by atoms with E-state index in [0.717, 1.165) is 25.3 Å². The van der Waals surface area contributed by atoms with E-state index >= 15 is 0 Å². The first-order chi connectivity index (χ1) is 12.6. The van der Waals surface area contributed by atoms with Crippen molar-refractivity contribution in [1.82, 2.24) is 9.62 Å². The van der Waals surface area contributed by atoms with Crippen LogP contribution in [0.5, 0.6) is 0 Å². The predicted molar refractivity (Wildman–Crippen MR) is 102 cm³/mol. The van der Waals surface area contributed by atoms with Gasteiger partial charge in [0.2, 0.25) is 10.0 Å². The highest BCUT2D eigenvalue weighted by Gasteiger charge is 2.28. The average molecular weight is 389 g/mol. The van der Waals surface area contributed by atoms with E-state index in [1.807, 2.05) is 18.2 Å². The summed E-state index contributed by atoms with van der Waals surface area (Å²) < 4.78 is 33.7. The Hall–Kier alpha value is -1.93. The molecule has 0 amide bonds. The fourth-order valence-corrected chi connectivity index (χ4v) is 5.43. The van der Waals surface area contributed by atoms with Gasteiger partial charge in [0.25, 0.3) is 0 Å². The Morgan fingerprint density at radius 2 is 1.96 bits per heavy atom. The first kappa shape index (κ1) is 17.5. The molecule has 2 aromatic heterocycles. The zero-order valence-electron chi connectivity index (χ0n) is 14.2. The summed E-state index contributed by atoms with van der Waals surface area (Å²) in [5.74, 6) is 0.776. The third-order valence-electron chi connectivity index (χ3n) is 4.70. The minimum absolute atomic E-state index is 0.145. The highest BCUT2D eigenvalue weighted by atomic mass is 32.2. The molecular formula is C19H20N2O3S2. The molecule has 1 aromatic carbocycles. The van der Waals surface area contributed by atoms with Crippen molar-refractivity contribution in [2.45, 2.75) is 23.2 Å². The van der Waals surface area contributed by atoms with Crippen molar-refractivity contribution in [2.24, 2.45) is 0 Å². The lowest BCUT2D eigenvalue weighted by Crippen LogP contribution is -2.40. The molecule has 0 aliphatic carbocycles. The topological polar surface area (TPSA) is 62.6 Å². The molecule has 1 atom stereocenters. The normalized spacial score (nSPS) is 16.3. The molecule has 136 valence electrons. The Morgan fingerprint density at radius 1 is 1.12 bits per heavy atom. The molecule has 1 aliphatic heterocycles. The number of fused-ring (bicyclic) bond motifs is 1. The van der Waals surface area contributed by atoms with E-state index in [2.05, 4.69) is 27.8 Å². The number of thiophene rings is 1. The second-order valence-electron chi connectivity index (χ2n) is 6.30. The molecule has 0 unspecified atom stereocenters. The molecule has 3 aromatic rings. The Bertz CT molecular complexity index is 951. The first-order valence-electron chi connectivity index (χ1n) is 8.51. The number of hydrogen-bond donors (Lipinski definition) is 1. The maximum Gasteiger partial charge on any atom is 0.250 e. The van der Waals surface area contributed by atoms with Crippen LogP contribution in [0.4, 0.5) is 0 Å². The Labute approximate surface area is 157 Å². The molecule has 4 rings (SSSR count). The summed E-state index contributed by atoms with van der Waals surface area (Å²) >= 11 is 1.22. The quantitative estimate of drug-likeness (QED) is 0.703. The van der Waals surface area contributed by atoms with Gasteiger partial charge < -0.3 is 4.42 Å². The summed E-state index contributed by atoms with van der Waals surface area (Å²) in [5, 5.41) is 1.76. The Kier molecular flexibility index (Phi) is 4.95. The van der Waals surface area contributed by atoms with Crippen LogP contribution < -0.4 is 4.72 Å². The van der Waals surface area contributed by atoms with E-state index in [1.165, 1.54) is 22.5 Å². The third-order valence-corrected chi connectivity index (χ3v) is 7.52. The second kappa shape index (κ2) is 7.36. The molecule has 26 heavy (non-hydrogen) atoms. The van der Waals surface area contributed by atoms with Crippen LogP contribution in [0.25, 0.3) is 0 Å². The molecular weight excluding hydrogens is 368 g/mol. The lowest BCUT2D eigenvalue weighted by atomic mass is 9.98. The number of hydrogen-bond acceptors (Lipinski definition) is 5. The van der Waals surface area contributed by atoms with Crippen LogP contribution >= 0.6 is 11.3 Å². The molecule has 3 heterocycles. The van der Waals surface area contributed by atoms with Gasteiger partial charge in [-0.15, -0.1) is 11.3 Å². The maximum atomic E-state index is 12.5. The summed E-state index contributed by atoms with van der Waals surface area (Å²) in [6.07, 6.45) is 2.58. The van der Waals surface area contributed by atoms with Crippen molar-refractivity contribution in [3.8, 4) is 0 Å². The first-order valence-corrected chi connectivity index (χ1v) is 10.9. The number of nitrogens with one attached hydrogen (secondary N) is 1.